The highest BCUT2D eigenvalue weighted by Crippen LogP contribution is 2.10. The predicted molar refractivity (Wildman–Crippen MR) is 136 cm³/mol. The Labute approximate surface area is 216 Å². The van der Waals surface area contributed by atoms with Crippen molar-refractivity contribution in [2.45, 2.75) is 83.0 Å². The third kappa shape index (κ3) is 14.0. The minimum Gasteiger partial charge on any atom is -0.481 e. The Morgan fingerprint density at radius 2 is 1.49 bits per heavy atom. The van der Waals surface area contributed by atoms with Gasteiger partial charge in [-0.15, -0.1) is 0 Å². The molecule has 0 bridgehead atoms. The molecule has 5 unspecified atom stereocenters. The van der Waals surface area contributed by atoms with Gasteiger partial charge in [0.2, 0.25) is 17.7 Å². The lowest BCUT2D eigenvalue weighted by Crippen LogP contribution is -2.59. The van der Waals surface area contributed by atoms with Crippen molar-refractivity contribution in [3.8, 4) is 0 Å². The molecule has 15 nitrogen and oxygen atoms in total. The third-order valence-electron chi connectivity index (χ3n) is 5.67. The second-order valence-corrected chi connectivity index (χ2v) is 8.77. The van der Waals surface area contributed by atoms with Crippen LogP contribution in [0.1, 0.15) is 58.8 Å². The zero-order chi connectivity index (χ0) is 28.5. The van der Waals surface area contributed by atoms with Crippen LogP contribution in [0.15, 0.2) is 4.99 Å². The van der Waals surface area contributed by atoms with Crippen molar-refractivity contribution in [1.29, 1.82) is 0 Å². The topological polar surface area (TPSA) is 278 Å². The first-order valence-electron chi connectivity index (χ1n) is 12.2. The first-order chi connectivity index (χ1) is 17.3. The van der Waals surface area contributed by atoms with E-state index in [1.165, 1.54) is 0 Å². The number of unbranched alkanes of at least 4 members (excludes halogenated alkanes) is 1. The average molecular weight is 531 g/mol. The number of rotatable bonds is 19. The number of amides is 3. The Kier molecular flexibility index (Phi) is 16.2. The van der Waals surface area contributed by atoms with E-state index in [0.717, 1.165) is 0 Å². The summed E-state index contributed by atoms with van der Waals surface area (Å²) in [5.74, 6) is -5.66. The zero-order valence-electron chi connectivity index (χ0n) is 21.4. The molecule has 0 aromatic rings. The number of guanidine groups is 1. The molecule has 0 radical (unpaired) electrons. The molecule has 0 aliphatic rings. The summed E-state index contributed by atoms with van der Waals surface area (Å²) in [5, 5.41) is 25.8. The Bertz CT molecular complexity index is 804. The Morgan fingerprint density at radius 1 is 0.865 bits per heavy atom. The summed E-state index contributed by atoms with van der Waals surface area (Å²) in [6, 6.07) is -4.94. The van der Waals surface area contributed by atoms with E-state index in [1.54, 1.807) is 13.8 Å². The minimum absolute atomic E-state index is 0.0425. The smallest absolute Gasteiger partial charge is 0.326 e. The highest BCUT2D eigenvalue weighted by molar-refractivity contribution is 5.95. The number of carbonyl (C=O) groups is 5. The first-order valence-corrected chi connectivity index (χ1v) is 12.2. The van der Waals surface area contributed by atoms with E-state index in [-0.39, 0.29) is 31.3 Å². The normalized spacial score (nSPS) is 14.8. The van der Waals surface area contributed by atoms with E-state index in [0.29, 0.717) is 32.2 Å². The second-order valence-electron chi connectivity index (χ2n) is 8.77. The maximum atomic E-state index is 13.0. The monoisotopic (exact) mass is 530 g/mol. The zero-order valence-corrected chi connectivity index (χ0v) is 21.4. The van der Waals surface area contributed by atoms with Crippen molar-refractivity contribution in [3.63, 3.8) is 0 Å². The van der Waals surface area contributed by atoms with Crippen LogP contribution in [0.2, 0.25) is 0 Å². The Hall–Kier alpha value is -3.46. The number of carboxylic acid groups (broad SMARTS) is 2. The molecule has 15 heteroatoms. The van der Waals surface area contributed by atoms with E-state index in [9.17, 15) is 34.2 Å². The quantitative estimate of drug-likeness (QED) is 0.0480. The first kappa shape index (κ1) is 33.5. The van der Waals surface area contributed by atoms with Crippen LogP contribution in [0.5, 0.6) is 0 Å². The molecule has 0 saturated carbocycles. The molecule has 0 fully saturated rings. The summed E-state index contributed by atoms with van der Waals surface area (Å²) >= 11 is 0. The van der Waals surface area contributed by atoms with Gasteiger partial charge in [0.25, 0.3) is 0 Å². The van der Waals surface area contributed by atoms with Gasteiger partial charge in [0, 0.05) is 6.54 Å². The SMILES string of the molecule is CCC(C)C(NC(=O)C(N)CCCCN)C(=O)NC(CC(=O)O)C(=O)NC(CCCN=C(N)N)C(=O)O. The number of nitrogens with zero attached hydrogens (tertiary/aromatic N) is 1. The predicted octanol–water partition coefficient (Wildman–Crippen LogP) is -2.44. The maximum absolute atomic E-state index is 13.0. The maximum Gasteiger partial charge on any atom is 0.326 e. The fourth-order valence-corrected chi connectivity index (χ4v) is 3.28. The van der Waals surface area contributed by atoms with Crippen LogP contribution in [0.25, 0.3) is 0 Å². The van der Waals surface area contributed by atoms with Gasteiger partial charge in [0.05, 0.1) is 12.5 Å². The molecule has 0 spiro atoms. The van der Waals surface area contributed by atoms with Crippen LogP contribution in [0.3, 0.4) is 0 Å². The van der Waals surface area contributed by atoms with Crippen molar-refractivity contribution in [2.24, 2.45) is 33.8 Å². The highest BCUT2D eigenvalue weighted by atomic mass is 16.4. The molecule has 3 amide bonds. The molecule has 0 aromatic heterocycles. The fourth-order valence-electron chi connectivity index (χ4n) is 3.28. The summed E-state index contributed by atoms with van der Waals surface area (Å²) in [6.07, 6.45) is 1.53. The lowest BCUT2D eigenvalue weighted by atomic mass is 9.97. The van der Waals surface area contributed by atoms with E-state index >= 15 is 0 Å². The van der Waals surface area contributed by atoms with Gasteiger partial charge >= 0.3 is 11.9 Å². The lowest BCUT2D eigenvalue weighted by Gasteiger charge is -2.27. The van der Waals surface area contributed by atoms with Gasteiger partial charge in [-0.3, -0.25) is 24.2 Å². The summed E-state index contributed by atoms with van der Waals surface area (Å²) in [4.78, 5) is 65.0. The number of nitrogens with one attached hydrogen (secondary N) is 3. The van der Waals surface area contributed by atoms with E-state index in [2.05, 4.69) is 20.9 Å². The van der Waals surface area contributed by atoms with E-state index in [4.69, 9.17) is 22.9 Å². The highest BCUT2D eigenvalue weighted by Gasteiger charge is 2.33. The summed E-state index contributed by atoms with van der Waals surface area (Å²) in [7, 11) is 0. The van der Waals surface area contributed by atoms with Crippen molar-refractivity contribution in [3.05, 3.63) is 0 Å². The van der Waals surface area contributed by atoms with Gasteiger partial charge in [-0.2, -0.15) is 0 Å². The van der Waals surface area contributed by atoms with Gasteiger partial charge < -0.3 is 49.1 Å². The van der Waals surface area contributed by atoms with Crippen molar-refractivity contribution < 1.29 is 34.2 Å². The van der Waals surface area contributed by atoms with Crippen molar-refractivity contribution in [1.82, 2.24) is 16.0 Å². The van der Waals surface area contributed by atoms with E-state index < -0.39 is 60.2 Å². The molecule has 0 aliphatic heterocycles. The van der Waals surface area contributed by atoms with Crippen LogP contribution < -0.4 is 38.9 Å². The molecule has 5 atom stereocenters. The number of aliphatic imine (C=N–C) groups is 1. The van der Waals surface area contributed by atoms with Crippen LogP contribution in [0, 0.1) is 5.92 Å². The number of carboxylic acids is 2. The van der Waals surface area contributed by atoms with Crippen LogP contribution in [-0.4, -0.2) is 83.1 Å². The summed E-state index contributed by atoms with van der Waals surface area (Å²) in [6.45, 7) is 4.08. The average Bonchev–Trinajstić information content (AvgIpc) is 2.82. The number of nitrogens with two attached hydrogens (primary N) is 4. The Morgan fingerprint density at radius 3 is 2.00 bits per heavy atom. The largest absolute Gasteiger partial charge is 0.481 e. The number of hydrogen-bond acceptors (Lipinski definition) is 8. The van der Waals surface area contributed by atoms with Crippen LogP contribution >= 0.6 is 0 Å². The van der Waals surface area contributed by atoms with Gasteiger partial charge in [-0.05, 0) is 38.1 Å². The second kappa shape index (κ2) is 17.9. The molecule has 0 rings (SSSR count). The minimum atomic E-state index is -1.59. The molecular formula is C22H42N8O7. The summed E-state index contributed by atoms with van der Waals surface area (Å²) < 4.78 is 0. The molecule has 0 aromatic carbocycles. The molecule has 37 heavy (non-hydrogen) atoms. The van der Waals surface area contributed by atoms with Gasteiger partial charge in [-0.1, -0.05) is 26.7 Å². The molecular weight excluding hydrogens is 488 g/mol. The van der Waals surface area contributed by atoms with Gasteiger partial charge in [0.15, 0.2) is 5.96 Å². The number of hydrogen-bond donors (Lipinski definition) is 9. The molecule has 212 valence electrons. The van der Waals surface area contributed by atoms with Crippen molar-refractivity contribution >= 4 is 35.6 Å². The summed E-state index contributed by atoms with van der Waals surface area (Å²) in [5.41, 5.74) is 21.8. The fraction of sp³-hybridized carbons (Fsp3) is 0.727. The molecule has 0 aliphatic carbocycles. The lowest BCUT2D eigenvalue weighted by molar-refractivity contribution is -0.144. The van der Waals surface area contributed by atoms with E-state index in [1.807, 2.05) is 0 Å². The number of aliphatic carboxylic acids is 2. The third-order valence-corrected chi connectivity index (χ3v) is 5.67. The molecule has 0 heterocycles. The van der Waals surface area contributed by atoms with Gasteiger partial charge in [-0.25, -0.2) is 4.79 Å². The van der Waals surface area contributed by atoms with Crippen LogP contribution in [0.4, 0.5) is 0 Å². The van der Waals surface area contributed by atoms with Gasteiger partial charge in [0.1, 0.15) is 18.1 Å². The molecule has 13 N–H and O–H groups in total. The standard InChI is InChI=1S/C22H42N8O7/c1-3-12(2)17(30-18(33)13(24)7-4-5-9-23)20(35)29-15(11-16(31)32)19(34)28-14(21(36)37)8-6-10-27-22(25)26/h12-15,17H,3-11,23-24H2,1-2H3,(H,28,34)(H,29,35)(H,30,33)(H,31,32)(H,36,37)(H4,25,26,27). The number of carbonyl (C=O) groups excluding carboxylic acids is 3. The van der Waals surface area contributed by atoms with Crippen molar-refractivity contribution in [2.75, 3.05) is 13.1 Å². The Balaban J connectivity index is 5.47. The van der Waals surface area contributed by atoms with Crippen LogP contribution in [-0.2, 0) is 24.0 Å². The molecule has 0 saturated heterocycles.